The Balaban J connectivity index is 0.901. The van der Waals surface area contributed by atoms with Crippen molar-refractivity contribution in [3.8, 4) is 10.4 Å². The number of nitrogens with zero attached hydrogens (tertiary/aromatic N) is 3. The van der Waals surface area contributed by atoms with Crippen molar-refractivity contribution < 1.29 is 47.8 Å². The maximum atomic E-state index is 16.1. The lowest BCUT2D eigenvalue weighted by Crippen LogP contribution is -2.57. The van der Waals surface area contributed by atoms with E-state index in [0.29, 0.717) is 49.8 Å². The molecule has 8 N–H and O–H groups in total. The summed E-state index contributed by atoms with van der Waals surface area (Å²) in [4.78, 5) is 103. The summed E-state index contributed by atoms with van der Waals surface area (Å²) in [6.45, 7) is 14.5. The number of ether oxygens (including phenoxy) is 1. The molecule has 1 aromatic heterocycles. The van der Waals surface area contributed by atoms with Gasteiger partial charge in [0.05, 0.1) is 39.6 Å². The van der Waals surface area contributed by atoms with Gasteiger partial charge in [-0.2, -0.15) is 0 Å². The number of aliphatic hydroxyl groups is 1. The van der Waals surface area contributed by atoms with Crippen molar-refractivity contribution in [2.45, 2.75) is 174 Å². The Bertz CT molecular complexity index is 2850. The number of thiazole rings is 1. The number of unbranched alkanes of at least 4 members (excludes halogenated alkanes) is 2. The molecule has 0 spiro atoms. The minimum Gasteiger partial charge on any atom is -0.444 e. The van der Waals surface area contributed by atoms with E-state index >= 15 is 4.39 Å². The Hall–Kier alpha value is -6.93. The average molecular weight is 1090 g/mol. The van der Waals surface area contributed by atoms with Crippen LogP contribution in [-0.2, 0) is 52.8 Å². The number of hydrogen-bond donors (Lipinski definition) is 7. The molecule has 0 bridgehead atoms. The molecule has 20 heteroatoms. The van der Waals surface area contributed by atoms with Crippen LogP contribution in [-0.4, -0.2) is 112 Å². The fourth-order valence-electron chi connectivity index (χ4n) is 10.4. The number of nitrogens with two attached hydrogens (primary N) is 1. The van der Waals surface area contributed by atoms with Crippen LogP contribution in [0.5, 0.6) is 0 Å². The summed E-state index contributed by atoms with van der Waals surface area (Å²) in [5.41, 5.74) is 11.6. The normalized spacial score (nSPS) is 19.2. The monoisotopic (exact) mass is 1090 g/mol. The molecule has 0 radical (unpaired) electrons. The molecule has 1 saturated heterocycles. The molecule has 7 atom stereocenters. The number of hydrogen-bond acceptors (Lipinski definition) is 12. The first-order valence-electron chi connectivity index (χ1n) is 27.0. The van der Waals surface area contributed by atoms with E-state index in [2.05, 4.69) is 31.6 Å². The van der Waals surface area contributed by atoms with E-state index in [-0.39, 0.29) is 62.8 Å². The molecule has 78 heavy (non-hydrogen) atoms. The number of nitrogens with one attached hydrogen (secondary N) is 5. The molecule has 0 aliphatic carbocycles. The summed E-state index contributed by atoms with van der Waals surface area (Å²) >= 11 is 1.56. The van der Waals surface area contributed by atoms with E-state index in [9.17, 15) is 38.7 Å². The van der Waals surface area contributed by atoms with Crippen molar-refractivity contribution in [3.63, 3.8) is 0 Å². The van der Waals surface area contributed by atoms with Gasteiger partial charge in [-0.1, -0.05) is 81.8 Å². The van der Waals surface area contributed by atoms with Crippen molar-refractivity contribution in [2.75, 3.05) is 23.3 Å². The van der Waals surface area contributed by atoms with Gasteiger partial charge in [-0.15, -0.1) is 11.3 Å². The number of amides is 7. The molecule has 3 aliphatic heterocycles. The number of alkyl carbamates (subject to hydrolysis) is 1. The topological polar surface area (TPSA) is 254 Å². The maximum Gasteiger partial charge on any atom is 0.408 e. The molecule has 1 fully saturated rings. The van der Waals surface area contributed by atoms with Gasteiger partial charge in [-0.05, 0) is 112 Å². The number of primary amides is 1. The fraction of sp³-hybridized carbons (Fsp3) is 0.517. The van der Waals surface area contributed by atoms with Gasteiger partial charge in [0, 0.05) is 44.8 Å². The first-order chi connectivity index (χ1) is 36.9. The van der Waals surface area contributed by atoms with Crippen LogP contribution in [0, 0.1) is 18.2 Å². The molecule has 4 aromatic rings. The largest absolute Gasteiger partial charge is 0.444 e. The molecule has 7 rings (SSSR count). The third kappa shape index (κ3) is 14.8. The van der Waals surface area contributed by atoms with Crippen molar-refractivity contribution >= 4 is 64.2 Å². The van der Waals surface area contributed by atoms with Gasteiger partial charge in [-0.3, -0.25) is 33.7 Å². The van der Waals surface area contributed by atoms with Crippen LogP contribution >= 0.6 is 11.3 Å². The van der Waals surface area contributed by atoms with Gasteiger partial charge < -0.3 is 47.1 Å². The predicted molar refractivity (Wildman–Crippen MR) is 297 cm³/mol. The van der Waals surface area contributed by atoms with Gasteiger partial charge in [0.25, 0.3) is 0 Å². The highest BCUT2D eigenvalue weighted by molar-refractivity contribution is 7.13. The predicted octanol–water partition coefficient (Wildman–Crippen LogP) is 6.69. The van der Waals surface area contributed by atoms with E-state index in [4.69, 9.17) is 10.5 Å². The number of β-amino-alcohol motifs (C(OH)–C–C–N with tert-alkyl or cyclic N) is 1. The molecular formula is C58H76FN9O9S. The third-order valence-electron chi connectivity index (χ3n) is 14.5. The van der Waals surface area contributed by atoms with Crippen molar-refractivity contribution in [1.82, 2.24) is 31.2 Å². The highest BCUT2D eigenvalue weighted by Crippen LogP contribution is 2.39. The zero-order valence-electron chi connectivity index (χ0n) is 46.0. The Morgan fingerprint density at radius 2 is 1.60 bits per heavy atom. The van der Waals surface area contributed by atoms with Crippen LogP contribution in [0.3, 0.4) is 0 Å². The fourth-order valence-corrected chi connectivity index (χ4v) is 11.2. The van der Waals surface area contributed by atoms with Crippen molar-refractivity contribution in [1.29, 1.82) is 0 Å². The summed E-state index contributed by atoms with van der Waals surface area (Å²) in [7, 11) is 0. The Labute approximate surface area is 460 Å². The van der Waals surface area contributed by atoms with E-state index in [1.54, 1.807) is 55.8 Å². The maximum absolute atomic E-state index is 16.1. The quantitative estimate of drug-likeness (QED) is 0.0433. The number of carbonyl (C=O) groups is 7. The molecular weight excluding hydrogens is 1020 g/mol. The molecule has 420 valence electrons. The van der Waals surface area contributed by atoms with Gasteiger partial charge in [0.1, 0.15) is 35.6 Å². The van der Waals surface area contributed by atoms with Gasteiger partial charge >= 0.3 is 6.09 Å². The number of aliphatic hydroxyl groups excluding tert-OH is 1. The first kappa shape index (κ1) is 58.7. The van der Waals surface area contributed by atoms with E-state index < -0.39 is 88.8 Å². The minimum atomic E-state index is -0.979. The number of anilines is 2. The van der Waals surface area contributed by atoms with Crippen LogP contribution < -0.4 is 37.2 Å². The third-order valence-corrected chi connectivity index (χ3v) is 15.5. The Kier molecular flexibility index (Phi) is 19.0. The number of aryl methyl sites for hydroxylation is 3. The number of likely N-dealkylation sites (tertiary alicyclic amines) is 1. The average Bonchev–Trinajstić information content (AvgIpc) is 4.10. The van der Waals surface area contributed by atoms with E-state index in [1.807, 2.05) is 77.1 Å². The second-order valence-electron chi connectivity index (χ2n) is 22.9. The summed E-state index contributed by atoms with van der Waals surface area (Å²) < 4.78 is 21.5. The summed E-state index contributed by atoms with van der Waals surface area (Å²) in [5.74, 6) is -3.17. The lowest BCUT2D eigenvalue weighted by molar-refractivity contribution is -0.144. The van der Waals surface area contributed by atoms with Crippen molar-refractivity contribution in [3.05, 3.63) is 99.9 Å². The highest BCUT2D eigenvalue weighted by Gasteiger charge is 2.46. The summed E-state index contributed by atoms with van der Waals surface area (Å²) in [6.07, 6.45) is 1.57. The van der Waals surface area contributed by atoms with Crippen LogP contribution in [0.2, 0.25) is 0 Å². The molecule has 0 saturated carbocycles. The zero-order valence-corrected chi connectivity index (χ0v) is 46.8. The number of halogens is 1. The molecule has 3 aliphatic rings. The zero-order chi connectivity index (χ0) is 56.6. The van der Waals surface area contributed by atoms with Crippen molar-refractivity contribution in [2.24, 2.45) is 11.1 Å². The Morgan fingerprint density at radius 3 is 2.28 bits per heavy atom. The highest BCUT2D eigenvalue weighted by atomic mass is 32.1. The number of aromatic nitrogens is 1. The lowest BCUT2D eigenvalue weighted by Gasteiger charge is -2.35. The lowest BCUT2D eigenvalue weighted by atomic mass is 9.85. The molecule has 7 amide bonds. The first-order valence-corrected chi connectivity index (χ1v) is 27.9. The second-order valence-corrected chi connectivity index (χ2v) is 23.8. The summed E-state index contributed by atoms with van der Waals surface area (Å²) in [6, 6.07) is 13.6. The summed E-state index contributed by atoms with van der Waals surface area (Å²) in [5, 5.41) is 25.5. The van der Waals surface area contributed by atoms with Crippen LogP contribution in [0.15, 0.2) is 66.2 Å². The molecule has 4 heterocycles. The van der Waals surface area contributed by atoms with Gasteiger partial charge in [0.2, 0.25) is 35.4 Å². The van der Waals surface area contributed by atoms with Crippen LogP contribution in [0.4, 0.5) is 20.6 Å². The minimum absolute atomic E-state index is 0.0315. The molecule has 18 nitrogen and oxygen atoms in total. The van der Waals surface area contributed by atoms with Gasteiger partial charge in [-0.25, -0.2) is 14.2 Å². The van der Waals surface area contributed by atoms with E-state index in [1.165, 1.54) is 9.80 Å². The smallest absolute Gasteiger partial charge is 0.408 e. The Morgan fingerprint density at radius 1 is 0.897 bits per heavy atom. The number of para-hydroxylation sites is 1. The number of benzene rings is 3. The SMILES string of the molecule is Cc1ncsc1-c1ccc([C@H](C)NC(=O)[C@@H]2C[C@@H](O)CN2C(=O)[C@@H](NC(=O)CCCCCc2cccc(NC[C@H](CCC(N)=O)NC(=O)[C@@H]3Cc4cccc5c4N3C(=O)[C@@H](NC(=O)OC(C)(C)C)CC5)c2F)C(C)(C)C)cc1. The van der Waals surface area contributed by atoms with E-state index in [0.717, 1.165) is 32.8 Å². The van der Waals surface area contributed by atoms with Crippen LogP contribution in [0.25, 0.3) is 10.4 Å². The number of rotatable bonds is 21. The van der Waals surface area contributed by atoms with Crippen LogP contribution in [0.1, 0.15) is 134 Å². The number of carbonyl (C=O) groups excluding carboxylic acids is 7. The molecule has 3 aromatic carbocycles. The second kappa shape index (κ2) is 25.2. The standard InChI is InChI=1S/C58H76FN9O9S/c1-33(35-20-22-38(23-21-35)50-34(2)62-32-78-50)63-52(72)44-29-41(69)31-67(44)55(75)51(57(3,4)5)66-47(71)19-11-9-10-14-36-15-13-18-42(48(36)59)61-30-40(25-27-46(60)70)64-53(73)45-28-39-17-12-16-37-24-26-43(54(74)68(45)49(37)39)65-56(76)77-58(6,7)8/h12-13,15-18,20-23,32-33,40-41,43-45,51,61,69H,9-11,14,19,24-31H2,1-8H3,(H2,60,70)(H,63,72)(H,64,73)(H,65,76)(H,66,71)/t33-,40-,41+,43-,44-,45-,51+/m0/s1. The van der Waals surface area contributed by atoms with Gasteiger partial charge in [0.15, 0.2) is 0 Å². The molecule has 0 unspecified atom stereocenters.